The van der Waals surface area contributed by atoms with Gasteiger partial charge in [0.15, 0.2) is 0 Å². The van der Waals surface area contributed by atoms with E-state index in [1.165, 1.54) is 17.1 Å². The van der Waals surface area contributed by atoms with Crippen molar-refractivity contribution in [1.82, 2.24) is 14.3 Å². The minimum absolute atomic E-state index is 0.0864. The van der Waals surface area contributed by atoms with E-state index in [1.807, 2.05) is 13.1 Å². The molecule has 3 rings (SSSR count). The van der Waals surface area contributed by atoms with Gasteiger partial charge in [0.05, 0.1) is 29.0 Å². The van der Waals surface area contributed by atoms with Gasteiger partial charge in [0.25, 0.3) is 10.0 Å². The van der Waals surface area contributed by atoms with E-state index in [0.29, 0.717) is 23.8 Å². The lowest BCUT2D eigenvalue weighted by atomic mass is 10.2. The van der Waals surface area contributed by atoms with Crippen molar-refractivity contribution in [2.75, 3.05) is 11.3 Å². The SMILES string of the molecule is Cn1cc(Cl)c2cccc(NS(=O)(=O)c3cnn(CCN)c3)c21. The third kappa shape index (κ3) is 2.92. The Labute approximate surface area is 138 Å². The highest BCUT2D eigenvalue weighted by molar-refractivity contribution is 7.92. The molecule has 0 radical (unpaired) electrons. The normalized spacial score (nSPS) is 12.0. The zero-order chi connectivity index (χ0) is 16.6. The molecule has 0 aliphatic carbocycles. The van der Waals surface area contributed by atoms with Gasteiger partial charge in [0.2, 0.25) is 0 Å². The second-order valence-electron chi connectivity index (χ2n) is 5.12. The Morgan fingerprint density at radius 2 is 2.13 bits per heavy atom. The van der Waals surface area contributed by atoms with E-state index in [2.05, 4.69) is 9.82 Å². The first-order valence-corrected chi connectivity index (χ1v) is 8.77. The summed E-state index contributed by atoms with van der Waals surface area (Å²) in [6.45, 7) is 0.842. The van der Waals surface area contributed by atoms with Crippen LogP contribution in [0.4, 0.5) is 5.69 Å². The number of para-hydroxylation sites is 1. The van der Waals surface area contributed by atoms with Crippen molar-refractivity contribution in [3.05, 3.63) is 41.8 Å². The Hall–Kier alpha value is -2.03. The third-order valence-electron chi connectivity index (χ3n) is 3.48. The molecule has 122 valence electrons. The first-order chi connectivity index (χ1) is 10.9. The molecule has 3 aromatic rings. The van der Waals surface area contributed by atoms with Gasteiger partial charge in [-0.05, 0) is 6.07 Å². The zero-order valence-corrected chi connectivity index (χ0v) is 14.0. The number of anilines is 1. The highest BCUT2D eigenvalue weighted by atomic mass is 35.5. The van der Waals surface area contributed by atoms with E-state index in [1.54, 1.807) is 22.9 Å². The van der Waals surface area contributed by atoms with Crippen molar-refractivity contribution in [2.45, 2.75) is 11.4 Å². The van der Waals surface area contributed by atoms with Crippen LogP contribution < -0.4 is 10.5 Å². The maximum atomic E-state index is 12.5. The summed E-state index contributed by atoms with van der Waals surface area (Å²) in [7, 11) is -1.93. The standard InChI is InChI=1S/C14H16ClN5O2S/c1-19-9-12(15)11-3-2-4-13(14(11)19)18-23(21,22)10-7-17-20(8-10)6-5-16/h2-4,7-9,18H,5-6,16H2,1H3. The van der Waals surface area contributed by atoms with Gasteiger partial charge >= 0.3 is 0 Å². The lowest BCUT2D eigenvalue weighted by Crippen LogP contribution is -2.13. The molecule has 7 nitrogen and oxygen atoms in total. The molecule has 0 amide bonds. The van der Waals surface area contributed by atoms with E-state index in [-0.39, 0.29) is 4.90 Å². The fourth-order valence-corrected chi connectivity index (χ4v) is 3.76. The molecule has 0 fully saturated rings. The highest BCUT2D eigenvalue weighted by Crippen LogP contribution is 2.31. The van der Waals surface area contributed by atoms with Crippen LogP contribution in [-0.2, 0) is 23.6 Å². The van der Waals surface area contributed by atoms with Crippen LogP contribution >= 0.6 is 11.6 Å². The molecule has 0 spiro atoms. The molecule has 1 aromatic carbocycles. The smallest absolute Gasteiger partial charge is 0.265 e. The summed E-state index contributed by atoms with van der Waals surface area (Å²) < 4.78 is 31.0. The molecule has 0 saturated heterocycles. The number of aromatic nitrogens is 3. The number of rotatable bonds is 5. The number of nitrogens with two attached hydrogens (primary N) is 1. The summed E-state index contributed by atoms with van der Waals surface area (Å²) in [5.74, 6) is 0. The first kappa shape index (κ1) is 15.9. The van der Waals surface area contributed by atoms with Crippen molar-refractivity contribution in [3.8, 4) is 0 Å². The Balaban J connectivity index is 2.00. The summed E-state index contributed by atoms with van der Waals surface area (Å²) in [4.78, 5) is 0.0864. The van der Waals surface area contributed by atoms with Crippen molar-refractivity contribution in [3.63, 3.8) is 0 Å². The van der Waals surface area contributed by atoms with Gasteiger partial charge in [0, 0.05) is 31.4 Å². The molecular weight excluding hydrogens is 338 g/mol. The first-order valence-electron chi connectivity index (χ1n) is 6.91. The second kappa shape index (κ2) is 5.88. The highest BCUT2D eigenvalue weighted by Gasteiger charge is 2.19. The topological polar surface area (TPSA) is 94.9 Å². The lowest BCUT2D eigenvalue weighted by Gasteiger charge is -2.09. The summed E-state index contributed by atoms with van der Waals surface area (Å²) in [5, 5.41) is 5.34. The number of hydrogen-bond acceptors (Lipinski definition) is 4. The van der Waals surface area contributed by atoms with Gasteiger partial charge in [-0.25, -0.2) is 8.42 Å². The van der Waals surface area contributed by atoms with Gasteiger partial charge in [0.1, 0.15) is 4.90 Å². The number of fused-ring (bicyclic) bond motifs is 1. The van der Waals surface area contributed by atoms with E-state index in [0.717, 1.165) is 10.9 Å². The molecule has 0 aliphatic heterocycles. The maximum absolute atomic E-state index is 12.5. The minimum Gasteiger partial charge on any atom is -0.347 e. The molecule has 3 N–H and O–H groups in total. The van der Waals surface area contributed by atoms with Crippen LogP contribution in [0.5, 0.6) is 0 Å². The summed E-state index contributed by atoms with van der Waals surface area (Å²) >= 11 is 6.15. The van der Waals surface area contributed by atoms with Crippen molar-refractivity contribution >= 4 is 38.2 Å². The molecule has 23 heavy (non-hydrogen) atoms. The lowest BCUT2D eigenvalue weighted by molar-refractivity contribution is 0.599. The second-order valence-corrected chi connectivity index (χ2v) is 7.21. The Morgan fingerprint density at radius 3 is 2.87 bits per heavy atom. The Bertz CT molecular complexity index is 961. The number of sulfonamides is 1. The van der Waals surface area contributed by atoms with Crippen LogP contribution in [-0.4, -0.2) is 29.3 Å². The van der Waals surface area contributed by atoms with Crippen LogP contribution in [0.1, 0.15) is 0 Å². The van der Waals surface area contributed by atoms with Gasteiger partial charge < -0.3 is 10.3 Å². The molecule has 0 unspecified atom stereocenters. The van der Waals surface area contributed by atoms with Crippen molar-refractivity contribution < 1.29 is 8.42 Å². The zero-order valence-electron chi connectivity index (χ0n) is 12.4. The van der Waals surface area contributed by atoms with Crippen LogP contribution in [0.3, 0.4) is 0 Å². The largest absolute Gasteiger partial charge is 0.347 e. The van der Waals surface area contributed by atoms with Crippen LogP contribution in [0, 0.1) is 0 Å². The van der Waals surface area contributed by atoms with Gasteiger partial charge in [-0.2, -0.15) is 5.10 Å². The number of benzene rings is 1. The number of nitrogens with one attached hydrogen (secondary N) is 1. The van der Waals surface area contributed by atoms with Crippen LogP contribution in [0.2, 0.25) is 5.02 Å². The fraction of sp³-hybridized carbons (Fsp3) is 0.214. The Morgan fingerprint density at radius 1 is 1.35 bits per heavy atom. The molecule has 0 saturated carbocycles. The van der Waals surface area contributed by atoms with Gasteiger partial charge in [-0.1, -0.05) is 23.7 Å². The molecule has 9 heteroatoms. The maximum Gasteiger partial charge on any atom is 0.265 e. The summed E-state index contributed by atoms with van der Waals surface area (Å²) in [5.41, 5.74) is 6.62. The minimum atomic E-state index is -3.74. The van der Waals surface area contributed by atoms with E-state index in [4.69, 9.17) is 17.3 Å². The van der Waals surface area contributed by atoms with E-state index < -0.39 is 10.0 Å². The Kier molecular flexibility index (Phi) is 4.05. The average molecular weight is 354 g/mol. The predicted octanol–water partition coefficient (Wildman–Crippen LogP) is 1.79. The summed E-state index contributed by atoms with van der Waals surface area (Å²) in [6.07, 6.45) is 4.49. The molecule has 0 atom stereocenters. The number of halogens is 1. The molecule has 0 aliphatic rings. The third-order valence-corrected chi connectivity index (χ3v) is 5.10. The van der Waals surface area contributed by atoms with E-state index in [9.17, 15) is 8.42 Å². The van der Waals surface area contributed by atoms with E-state index >= 15 is 0 Å². The fourth-order valence-electron chi connectivity index (χ4n) is 2.44. The summed E-state index contributed by atoms with van der Waals surface area (Å²) in [6, 6.07) is 5.29. The average Bonchev–Trinajstić information content (AvgIpc) is 3.06. The van der Waals surface area contributed by atoms with Crippen LogP contribution in [0.25, 0.3) is 10.9 Å². The monoisotopic (exact) mass is 353 g/mol. The van der Waals surface area contributed by atoms with Gasteiger partial charge in [-0.3, -0.25) is 9.40 Å². The number of nitrogens with zero attached hydrogens (tertiary/aromatic N) is 3. The van der Waals surface area contributed by atoms with Crippen molar-refractivity contribution in [1.29, 1.82) is 0 Å². The molecule has 2 aromatic heterocycles. The molecule has 0 bridgehead atoms. The molecule has 2 heterocycles. The predicted molar refractivity (Wildman–Crippen MR) is 90.0 cm³/mol. The van der Waals surface area contributed by atoms with Crippen LogP contribution in [0.15, 0.2) is 41.7 Å². The molecular formula is C14H16ClN5O2S. The van der Waals surface area contributed by atoms with Gasteiger partial charge in [-0.15, -0.1) is 0 Å². The number of hydrogen-bond donors (Lipinski definition) is 2. The quantitative estimate of drug-likeness (QED) is 0.731. The van der Waals surface area contributed by atoms with Crippen molar-refractivity contribution in [2.24, 2.45) is 12.8 Å². The number of aryl methyl sites for hydroxylation is 1.